The van der Waals surface area contributed by atoms with Crippen molar-refractivity contribution in [1.82, 2.24) is 14.5 Å². The second-order valence-corrected chi connectivity index (χ2v) is 10.2. The predicted molar refractivity (Wildman–Crippen MR) is 139 cm³/mol. The van der Waals surface area contributed by atoms with Gasteiger partial charge in [0.25, 0.3) is 5.56 Å². The van der Waals surface area contributed by atoms with Crippen molar-refractivity contribution in [3.8, 4) is 0 Å². The summed E-state index contributed by atoms with van der Waals surface area (Å²) < 4.78 is 1.93. The van der Waals surface area contributed by atoms with Crippen molar-refractivity contribution in [1.29, 1.82) is 0 Å². The summed E-state index contributed by atoms with van der Waals surface area (Å²) in [6.45, 7) is 10.1. The Kier molecular flexibility index (Phi) is 6.30. The maximum atomic E-state index is 13.9. The highest BCUT2D eigenvalue weighted by molar-refractivity contribution is 5.64. The molecular formula is C29H36N4O. The Morgan fingerprint density at radius 2 is 1.71 bits per heavy atom. The molecule has 0 amide bonds. The first-order valence-electron chi connectivity index (χ1n) is 12.7. The van der Waals surface area contributed by atoms with Crippen molar-refractivity contribution in [2.24, 2.45) is 5.92 Å². The summed E-state index contributed by atoms with van der Waals surface area (Å²) in [4.78, 5) is 23.8. The molecule has 0 spiro atoms. The maximum absolute atomic E-state index is 13.9. The minimum atomic E-state index is 0.0924. The molecule has 2 unspecified atom stereocenters. The first-order chi connectivity index (χ1) is 16.4. The van der Waals surface area contributed by atoms with Crippen molar-refractivity contribution in [2.45, 2.75) is 72.5 Å². The van der Waals surface area contributed by atoms with Gasteiger partial charge in [-0.1, -0.05) is 62.2 Å². The van der Waals surface area contributed by atoms with E-state index in [0.717, 1.165) is 35.1 Å². The third-order valence-electron chi connectivity index (χ3n) is 7.96. The molecule has 0 saturated heterocycles. The van der Waals surface area contributed by atoms with Crippen LogP contribution in [0.5, 0.6) is 0 Å². The highest BCUT2D eigenvalue weighted by atomic mass is 16.1. The van der Waals surface area contributed by atoms with Gasteiger partial charge < -0.3 is 0 Å². The number of hydrogen-bond acceptors (Lipinski definition) is 4. The highest BCUT2D eigenvalue weighted by Crippen LogP contribution is 2.35. The Morgan fingerprint density at radius 3 is 2.47 bits per heavy atom. The molecule has 1 aliphatic carbocycles. The van der Waals surface area contributed by atoms with Gasteiger partial charge >= 0.3 is 0 Å². The van der Waals surface area contributed by atoms with Gasteiger partial charge in [-0.3, -0.25) is 19.2 Å². The van der Waals surface area contributed by atoms with Gasteiger partial charge in [-0.05, 0) is 62.3 Å². The fourth-order valence-corrected chi connectivity index (χ4v) is 5.76. The Hall–Kier alpha value is -2.92. The van der Waals surface area contributed by atoms with Gasteiger partial charge in [0.05, 0.1) is 19.0 Å². The van der Waals surface area contributed by atoms with Crippen LogP contribution < -0.4 is 10.5 Å². The summed E-state index contributed by atoms with van der Waals surface area (Å²) >= 11 is 0. The number of aryl methyl sites for hydroxylation is 2. The van der Waals surface area contributed by atoms with E-state index in [1.54, 1.807) is 0 Å². The third-order valence-corrected chi connectivity index (χ3v) is 7.96. The minimum absolute atomic E-state index is 0.0924. The van der Waals surface area contributed by atoms with Crippen LogP contribution in [0.25, 0.3) is 0 Å². The lowest BCUT2D eigenvalue weighted by atomic mass is 9.85. The van der Waals surface area contributed by atoms with E-state index in [1.807, 2.05) is 29.7 Å². The van der Waals surface area contributed by atoms with Gasteiger partial charge in [0, 0.05) is 23.7 Å². The normalized spacial score (nSPS) is 20.9. The van der Waals surface area contributed by atoms with Crippen molar-refractivity contribution >= 4 is 11.6 Å². The summed E-state index contributed by atoms with van der Waals surface area (Å²) in [5.74, 6) is 1.40. The van der Waals surface area contributed by atoms with Crippen LogP contribution in [-0.2, 0) is 13.1 Å². The van der Waals surface area contributed by atoms with Crippen LogP contribution in [-0.4, -0.2) is 27.2 Å². The third kappa shape index (κ3) is 4.18. The molecule has 2 aromatic carbocycles. The standard InChI is InChI=1S/C29H36N4O/c1-20-12-10-16-27(22(20)3)32-18-31(26-15-9-8-11-21(26)2)19-33-28(34)25(23(4)30-29(32)33)17-24-13-6-5-7-14-24/h5-7,10,12-14,16,21,26H,8-9,11,15,17-19H2,1-4H3. The fourth-order valence-electron chi connectivity index (χ4n) is 5.76. The van der Waals surface area contributed by atoms with E-state index in [2.05, 4.69) is 60.9 Å². The summed E-state index contributed by atoms with van der Waals surface area (Å²) in [6, 6.07) is 17.2. The van der Waals surface area contributed by atoms with Crippen molar-refractivity contribution in [3.05, 3.63) is 86.8 Å². The summed E-state index contributed by atoms with van der Waals surface area (Å²) in [5, 5.41) is 0. The first kappa shape index (κ1) is 22.9. The molecule has 0 N–H and O–H groups in total. The van der Waals surface area contributed by atoms with Crippen molar-refractivity contribution in [3.63, 3.8) is 0 Å². The zero-order valence-corrected chi connectivity index (χ0v) is 20.9. The summed E-state index contributed by atoms with van der Waals surface area (Å²) in [7, 11) is 0. The lowest BCUT2D eigenvalue weighted by Gasteiger charge is -2.45. The van der Waals surface area contributed by atoms with Gasteiger partial charge in [0.2, 0.25) is 5.95 Å². The van der Waals surface area contributed by atoms with Crippen molar-refractivity contribution < 1.29 is 0 Å². The number of anilines is 2. The largest absolute Gasteiger partial charge is 0.298 e. The Bertz CT molecular complexity index is 1230. The number of nitrogens with zero attached hydrogens (tertiary/aromatic N) is 4. The average Bonchev–Trinajstić information content (AvgIpc) is 2.84. The van der Waals surface area contributed by atoms with Crippen LogP contribution in [0.2, 0.25) is 0 Å². The van der Waals surface area contributed by atoms with Gasteiger partial charge in [0.1, 0.15) is 0 Å². The molecule has 0 bridgehead atoms. The van der Waals surface area contributed by atoms with E-state index in [0.29, 0.717) is 25.0 Å². The monoisotopic (exact) mass is 456 g/mol. The molecule has 5 heteroatoms. The van der Waals surface area contributed by atoms with Crippen LogP contribution in [0.15, 0.2) is 53.3 Å². The molecule has 3 aromatic rings. The van der Waals surface area contributed by atoms with E-state index < -0.39 is 0 Å². The fraction of sp³-hybridized carbons (Fsp3) is 0.448. The van der Waals surface area contributed by atoms with E-state index in [9.17, 15) is 4.79 Å². The lowest BCUT2D eigenvalue weighted by Crippen LogP contribution is -2.53. The number of hydrogen-bond donors (Lipinski definition) is 0. The zero-order valence-electron chi connectivity index (χ0n) is 20.9. The number of aromatic nitrogens is 2. The van der Waals surface area contributed by atoms with E-state index in [1.165, 1.54) is 36.8 Å². The topological polar surface area (TPSA) is 41.4 Å². The lowest BCUT2D eigenvalue weighted by molar-refractivity contribution is 0.0723. The molecule has 2 heterocycles. The molecule has 5 nitrogen and oxygen atoms in total. The second-order valence-electron chi connectivity index (χ2n) is 10.2. The zero-order chi connectivity index (χ0) is 23.8. The predicted octanol–water partition coefficient (Wildman–Crippen LogP) is 5.71. The SMILES string of the molecule is Cc1cccc(N2CN(C3CCCCC3C)Cn3c2nc(C)c(Cc2ccccc2)c3=O)c1C. The molecule has 5 rings (SSSR count). The van der Waals surface area contributed by atoms with E-state index in [4.69, 9.17) is 4.98 Å². The summed E-state index contributed by atoms with van der Waals surface area (Å²) in [5.41, 5.74) is 6.51. The molecule has 0 radical (unpaired) electrons. The van der Waals surface area contributed by atoms with Gasteiger partial charge in [0.15, 0.2) is 0 Å². The number of benzene rings is 2. The van der Waals surface area contributed by atoms with Gasteiger partial charge in [-0.25, -0.2) is 4.98 Å². The average molecular weight is 457 g/mol. The van der Waals surface area contributed by atoms with Crippen LogP contribution in [0.4, 0.5) is 11.6 Å². The molecule has 178 valence electrons. The molecule has 2 aliphatic rings. The highest BCUT2D eigenvalue weighted by Gasteiger charge is 2.35. The smallest absolute Gasteiger partial charge is 0.259 e. The molecular weight excluding hydrogens is 420 g/mol. The van der Waals surface area contributed by atoms with Crippen molar-refractivity contribution in [2.75, 3.05) is 11.6 Å². The molecule has 34 heavy (non-hydrogen) atoms. The number of fused-ring (bicyclic) bond motifs is 1. The summed E-state index contributed by atoms with van der Waals surface area (Å²) in [6.07, 6.45) is 5.65. The van der Waals surface area contributed by atoms with E-state index in [-0.39, 0.29) is 5.56 Å². The second kappa shape index (κ2) is 9.38. The maximum Gasteiger partial charge on any atom is 0.259 e. The molecule has 1 aromatic heterocycles. The minimum Gasteiger partial charge on any atom is -0.298 e. The Morgan fingerprint density at radius 1 is 0.941 bits per heavy atom. The van der Waals surface area contributed by atoms with Gasteiger partial charge in [-0.2, -0.15) is 0 Å². The Labute approximate surface area is 203 Å². The van der Waals surface area contributed by atoms with Crippen LogP contribution in [0.1, 0.15) is 60.6 Å². The first-order valence-corrected chi connectivity index (χ1v) is 12.7. The van der Waals surface area contributed by atoms with E-state index >= 15 is 0 Å². The molecule has 1 saturated carbocycles. The van der Waals surface area contributed by atoms with Gasteiger partial charge in [-0.15, -0.1) is 0 Å². The van der Waals surface area contributed by atoms with Crippen LogP contribution >= 0.6 is 0 Å². The molecule has 1 aliphatic heterocycles. The quantitative estimate of drug-likeness (QED) is 0.504. The van der Waals surface area contributed by atoms with Crippen LogP contribution in [0, 0.1) is 26.7 Å². The molecule has 1 fully saturated rings. The number of rotatable bonds is 4. The molecule has 2 atom stereocenters. The Balaban J connectivity index is 1.63. The van der Waals surface area contributed by atoms with Crippen LogP contribution in [0.3, 0.4) is 0 Å².